The normalized spacial score (nSPS) is 12.5. The number of hydrogen-bond donors (Lipinski definition) is 2. The molecule has 0 spiro atoms. The summed E-state index contributed by atoms with van der Waals surface area (Å²) in [5, 5.41) is 9.20. The van der Waals surface area contributed by atoms with Gasteiger partial charge in [0.05, 0.1) is 0 Å². The van der Waals surface area contributed by atoms with Crippen molar-refractivity contribution in [2.75, 3.05) is 0 Å². The first-order valence-electron chi connectivity index (χ1n) is 3.93. The summed E-state index contributed by atoms with van der Waals surface area (Å²) < 4.78 is 0.818. The highest BCUT2D eigenvalue weighted by molar-refractivity contribution is 9.10. The fourth-order valence-corrected chi connectivity index (χ4v) is 1.63. The van der Waals surface area contributed by atoms with Gasteiger partial charge < -0.3 is 10.8 Å². The Morgan fingerprint density at radius 3 is 2.86 bits per heavy atom. The van der Waals surface area contributed by atoms with Crippen molar-refractivity contribution >= 4 is 33.5 Å². The maximum Gasteiger partial charge on any atom is 0.320 e. The molecule has 1 atom stereocenters. The number of hydrogen-bond acceptors (Lipinski definition) is 2. The Morgan fingerprint density at radius 1 is 1.64 bits per heavy atom. The number of rotatable bonds is 3. The molecule has 0 aromatic heterocycles. The van der Waals surface area contributed by atoms with Crippen LogP contribution in [0, 0.1) is 0 Å². The largest absolute Gasteiger partial charge is 0.480 e. The summed E-state index contributed by atoms with van der Waals surface area (Å²) in [6.07, 6.45) is 0.260. The Morgan fingerprint density at radius 2 is 2.29 bits per heavy atom. The van der Waals surface area contributed by atoms with E-state index in [1.807, 2.05) is 0 Å². The van der Waals surface area contributed by atoms with Crippen LogP contribution >= 0.6 is 27.5 Å². The van der Waals surface area contributed by atoms with Gasteiger partial charge in [-0.05, 0) is 30.2 Å². The lowest BCUT2D eigenvalue weighted by atomic mass is 10.1. The average Bonchev–Trinajstić information content (AvgIpc) is 2.11. The lowest BCUT2D eigenvalue weighted by Gasteiger charge is -2.08. The van der Waals surface area contributed by atoms with Gasteiger partial charge >= 0.3 is 5.97 Å². The minimum atomic E-state index is -1.02. The second-order valence-electron chi connectivity index (χ2n) is 2.88. The summed E-state index contributed by atoms with van der Waals surface area (Å²) in [5.41, 5.74) is 6.20. The first-order chi connectivity index (χ1) is 6.50. The number of carbonyl (C=O) groups is 1. The number of nitrogens with two attached hydrogens (primary N) is 1. The third-order valence-corrected chi connectivity index (χ3v) is 2.77. The van der Waals surface area contributed by atoms with Gasteiger partial charge in [0, 0.05) is 9.50 Å². The molecule has 76 valence electrons. The maximum absolute atomic E-state index is 10.5. The molecular formula is C9H9BrClNO2. The number of halogens is 2. The van der Waals surface area contributed by atoms with Gasteiger partial charge in [-0.15, -0.1) is 0 Å². The molecule has 1 aromatic carbocycles. The van der Waals surface area contributed by atoms with Gasteiger partial charge in [-0.25, -0.2) is 0 Å². The highest BCUT2D eigenvalue weighted by atomic mass is 79.9. The van der Waals surface area contributed by atoms with Crippen LogP contribution in [0.15, 0.2) is 22.7 Å². The molecule has 1 rings (SSSR count). The molecule has 5 heteroatoms. The van der Waals surface area contributed by atoms with Crippen LogP contribution in [0.3, 0.4) is 0 Å². The molecular weight excluding hydrogens is 269 g/mol. The first-order valence-corrected chi connectivity index (χ1v) is 5.10. The molecule has 3 N–H and O–H groups in total. The Labute approximate surface area is 95.0 Å². The van der Waals surface area contributed by atoms with Crippen LogP contribution in [0.1, 0.15) is 5.56 Å². The molecule has 1 aromatic rings. The van der Waals surface area contributed by atoms with Crippen molar-refractivity contribution in [1.82, 2.24) is 0 Å². The molecule has 0 unspecified atom stereocenters. The van der Waals surface area contributed by atoms with Crippen molar-refractivity contribution in [2.24, 2.45) is 5.73 Å². The topological polar surface area (TPSA) is 63.3 Å². The zero-order chi connectivity index (χ0) is 10.7. The molecule has 0 bridgehead atoms. The van der Waals surface area contributed by atoms with Crippen molar-refractivity contribution in [3.63, 3.8) is 0 Å². The molecule has 0 saturated heterocycles. The van der Waals surface area contributed by atoms with E-state index in [1.54, 1.807) is 18.2 Å². The van der Waals surface area contributed by atoms with Crippen LogP contribution in [0.25, 0.3) is 0 Å². The van der Waals surface area contributed by atoms with Crippen molar-refractivity contribution in [1.29, 1.82) is 0 Å². The molecule has 0 heterocycles. The van der Waals surface area contributed by atoms with Crippen LogP contribution in [0.5, 0.6) is 0 Å². The van der Waals surface area contributed by atoms with Crippen LogP contribution in [-0.2, 0) is 11.2 Å². The standard InChI is InChI=1S/C9H9BrClNO2/c10-7-2-1-6(11)3-5(7)4-8(12)9(13)14/h1-3,8H,4,12H2,(H,13,14)/t8-/m1/s1. The number of aliphatic carboxylic acids is 1. The van der Waals surface area contributed by atoms with E-state index in [4.69, 9.17) is 22.4 Å². The zero-order valence-corrected chi connectivity index (χ0v) is 9.55. The molecule has 14 heavy (non-hydrogen) atoms. The molecule has 0 aliphatic carbocycles. The lowest BCUT2D eigenvalue weighted by molar-refractivity contribution is -0.138. The molecule has 0 amide bonds. The fraction of sp³-hybridized carbons (Fsp3) is 0.222. The third-order valence-electron chi connectivity index (χ3n) is 1.76. The second kappa shape index (κ2) is 4.77. The van der Waals surface area contributed by atoms with E-state index in [2.05, 4.69) is 15.9 Å². The van der Waals surface area contributed by atoms with Crippen molar-refractivity contribution < 1.29 is 9.90 Å². The Bertz CT molecular complexity index is 357. The zero-order valence-electron chi connectivity index (χ0n) is 7.21. The molecule has 0 saturated carbocycles. The fourth-order valence-electron chi connectivity index (χ4n) is 1.02. The van der Waals surface area contributed by atoms with E-state index in [9.17, 15) is 4.79 Å². The number of benzene rings is 1. The SMILES string of the molecule is N[C@H](Cc1cc(Cl)ccc1Br)C(=O)O. The van der Waals surface area contributed by atoms with E-state index in [0.717, 1.165) is 10.0 Å². The summed E-state index contributed by atoms with van der Waals surface area (Å²) in [7, 11) is 0. The van der Waals surface area contributed by atoms with Crippen LogP contribution in [0.4, 0.5) is 0 Å². The van der Waals surface area contributed by atoms with Gasteiger partial charge in [0.1, 0.15) is 6.04 Å². The Hall–Kier alpha value is -0.580. The summed E-state index contributed by atoms with van der Waals surface area (Å²) in [4.78, 5) is 10.5. The van der Waals surface area contributed by atoms with Crippen LogP contribution in [-0.4, -0.2) is 17.1 Å². The molecule has 0 radical (unpaired) electrons. The Kier molecular flexibility index (Phi) is 3.92. The van der Waals surface area contributed by atoms with Gasteiger partial charge in [-0.1, -0.05) is 27.5 Å². The summed E-state index contributed by atoms with van der Waals surface area (Å²) in [6, 6.07) is 4.30. The molecule has 3 nitrogen and oxygen atoms in total. The predicted octanol–water partition coefficient (Wildman–Crippen LogP) is 2.06. The van der Waals surface area contributed by atoms with E-state index < -0.39 is 12.0 Å². The highest BCUT2D eigenvalue weighted by Gasteiger charge is 2.13. The summed E-state index contributed by atoms with van der Waals surface area (Å²) in [6.45, 7) is 0. The average molecular weight is 279 g/mol. The smallest absolute Gasteiger partial charge is 0.320 e. The van der Waals surface area contributed by atoms with Gasteiger partial charge in [0.15, 0.2) is 0 Å². The third kappa shape index (κ3) is 2.97. The van der Waals surface area contributed by atoms with Crippen molar-refractivity contribution in [3.8, 4) is 0 Å². The van der Waals surface area contributed by atoms with Crippen molar-refractivity contribution in [2.45, 2.75) is 12.5 Å². The number of carboxylic acids is 1. The van der Waals surface area contributed by atoms with Crippen molar-refractivity contribution in [3.05, 3.63) is 33.3 Å². The monoisotopic (exact) mass is 277 g/mol. The minimum absolute atomic E-state index is 0.260. The van der Waals surface area contributed by atoms with Crippen LogP contribution < -0.4 is 5.73 Å². The number of carboxylic acid groups (broad SMARTS) is 1. The lowest BCUT2D eigenvalue weighted by Crippen LogP contribution is -2.32. The minimum Gasteiger partial charge on any atom is -0.480 e. The van der Waals surface area contributed by atoms with E-state index in [1.165, 1.54) is 0 Å². The quantitative estimate of drug-likeness (QED) is 0.889. The van der Waals surface area contributed by atoms with E-state index >= 15 is 0 Å². The van der Waals surface area contributed by atoms with E-state index in [-0.39, 0.29) is 6.42 Å². The first kappa shape index (κ1) is 11.5. The molecule has 0 aliphatic heterocycles. The van der Waals surface area contributed by atoms with E-state index in [0.29, 0.717) is 5.02 Å². The maximum atomic E-state index is 10.5. The van der Waals surface area contributed by atoms with Gasteiger partial charge in [0.2, 0.25) is 0 Å². The van der Waals surface area contributed by atoms with Gasteiger partial charge in [-0.3, -0.25) is 4.79 Å². The van der Waals surface area contributed by atoms with Gasteiger partial charge in [0.25, 0.3) is 0 Å². The Balaban J connectivity index is 2.85. The van der Waals surface area contributed by atoms with Crippen LogP contribution in [0.2, 0.25) is 5.02 Å². The molecule has 0 fully saturated rings. The van der Waals surface area contributed by atoms with Gasteiger partial charge in [-0.2, -0.15) is 0 Å². The second-order valence-corrected chi connectivity index (χ2v) is 4.18. The molecule has 0 aliphatic rings. The predicted molar refractivity (Wildman–Crippen MR) is 58.5 cm³/mol. The summed E-state index contributed by atoms with van der Waals surface area (Å²) >= 11 is 9.07. The highest BCUT2D eigenvalue weighted by Crippen LogP contribution is 2.22. The summed E-state index contributed by atoms with van der Waals surface area (Å²) in [5.74, 6) is -1.02.